The molecule has 0 fully saturated rings. The van der Waals surface area contributed by atoms with E-state index in [1.165, 1.54) is 0 Å². The molecule has 0 spiro atoms. The SMILES string of the molecule is OC(COc1ccc2c(c1)OCO2)CN1CCc2c(Cl)cccc21. The van der Waals surface area contributed by atoms with Gasteiger partial charge in [-0.15, -0.1) is 0 Å². The van der Waals surface area contributed by atoms with E-state index in [1.807, 2.05) is 30.3 Å². The largest absolute Gasteiger partial charge is 0.491 e. The summed E-state index contributed by atoms with van der Waals surface area (Å²) in [4.78, 5) is 2.15. The van der Waals surface area contributed by atoms with Crippen LogP contribution in [-0.2, 0) is 6.42 Å². The van der Waals surface area contributed by atoms with E-state index in [0.717, 1.165) is 29.2 Å². The molecular weight excluding hydrogens is 330 g/mol. The molecule has 126 valence electrons. The molecule has 4 rings (SSSR count). The average Bonchev–Trinajstić information content (AvgIpc) is 3.20. The van der Waals surface area contributed by atoms with Gasteiger partial charge in [-0.05, 0) is 36.2 Å². The number of nitrogens with zero attached hydrogens (tertiary/aromatic N) is 1. The standard InChI is InChI=1S/C18H18ClNO4/c19-15-2-1-3-16-14(15)6-7-20(16)9-12(21)10-22-13-4-5-17-18(8-13)24-11-23-17/h1-5,8,12,21H,6-7,9-11H2. The van der Waals surface area contributed by atoms with Crippen molar-refractivity contribution in [2.24, 2.45) is 0 Å². The minimum atomic E-state index is -0.597. The fourth-order valence-corrected chi connectivity index (χ4v) is 3.38. The van der Waals surface area contributed by atoms with Crippen LogP contribution in [0.1, 0.15) is 5.56 Å². The van der Waals surface area contributed by atoms with Gasteiger partial charge in [-0.25, -0.2) is 0 Å². The summed E-state index contributed by atoms with van der Waals surface area (Å²) in [6.07, 6.45) is 0.311. The second-order valence-corrected chi connectivity index (χ2v) is 6.32. The Morgan fingerprint density at radius 1 is 1.21 bits per heavy atom. The van der Waals surface area contributed by atoms with Crippen molar-refractivity contribution in [2.75, 3.05) is 31.4 Å². The molecule has 2 aliphatic heterocycles. The van der Waals surface area contributed by atoms with E-state index in [9.17, 15) is 5.11 Å². The summed E-state index contributed by atoms with van der Waals surface area (Å²) in [7, 11) is 0. The lowest BCUT2D eigenvalue weighted by molar-refractivity contribution is 0.112. The molecule has 0 radical (unpaired) electrons. The van der Waals surface area contributed by atoms with Crippen molar-refractivity contribution in [3.63, 3.8) is 0 Å². The molecule has 0 aromatic heterocycles. The van der Waals surface area contributed by atoms with Gasteiger partial charge in [-0.3, -0.25) is 0 Å². The molecule has 1 N–H and O–H groups in total. The normalized spacial score (nSPS) is 16.2. The third kappa shape index (κ3) is 2.97. The highest BCUT2D eigenvalue weighted by Crippen LogP contribution is 2.35. The predicted octanol–water partition coefficient (Wildman–Crippen LogP) is 2.87. The second kappa shape index (κ2) is 6.42. The van der Waals surface area contributed by atoms with Gasteiger partial charge in [0.1, 0.15) is 18.5 Å². The molecule has 1 atom stereocenters. The Hall–Kier alpha value is -2.11. The third-order valence-corrected chi connectivity index (χ3v) is 4.64. The molecular formula is C18H18ClNO4. The third-order valence-electron chi connectivity index (χ3n) is 4.28. The van der Waals surface area contributed by atoms with E-state index in [4.69, 9.17) is 25.8 Å². The van der Waals surface area contributed by atoms with Gasteiger partial charge in [-0.1, -0.05) is 17.7 Å². The number of β-amino-alcohol motifs (C(OH)–C–C–N with tert-alkyl or cyclic N) is 1. The first-order valence-corrected chi connectivity index (χ1v) is 8.31. The number of anilines is 1. The molecule has 0 bridgehead atoms. The molecule has 24 heavy (non-hydrogen) atoms. The first kappa shape index (κ1) is 15.4. The summed E-state index contributed by atoms with van der Waals surface area (Å²) in [5.41, 5.74) is 2.26. The van der Waals surface area contributed by atoms with Crippen LogP contribution < -0.4 is 19.1 Å². The lowest BCUT2D eigenvalue weighted by Gasteiger charge is -2.23. The average molecular weight is 348 g/mol. The molecule has 2 heterocycles. The Morgan fingerprint density at radius 3 is 3.00 bits per heavy atom. The zero-order valence-electron chi connectivity index (χ0n) is 13.1. The summed E-state index contributed by atoms with van der Waals surface area (Å²) in [6.45, 7) is 1.82. The molecule has 2 aromatic rings. The van der Waals surface area contributed by atoms with Gasteiger partial charge in [0.25, 0.3) is 0 Å². The van der Waals surface area contributed by atoms with Crippen LogP contribution in [-0.4, -0.2) is 37.7 Å². The van der Waals surface area contributed by atoms with Crippen molar-refractivity contribution >= 4 is 17.3 Å². The molecule has 5 nitrogen and oxygen atoms in total. The maximum absolute atomic E-state index is 10.3. The molecule has 2 aromatic carbocycles. The first-order valence-electron chi connectivity index (χ1n) is 7.93. The molecule has 6 heteroatoms. The smallest absolute Gasteiger partial charge is 0.231 e. The highest BCUT2D eigenvalue weighted by molar-refractivity contribution is 6.31. The molecule has 0 amide bonds. The number of fused-ring (bicyclic) bond motifs is 2. The molecule has 1 unspecified atom stereocenters. The van der Waals surface area contributed by atoms with Gasteiger partial charge < -0.3 is 24.2 Å². The van der Waals surface area contributed by atoms with E-state index in [0.29, 0.717) is 23.8 Å². The van der Waals surface area contributed by atoms with E-state index in [2.05, 4.69) is 4.90 Å². The van der Waals surface area contributed by atoms with E-state index in [-0.39, 0.29) is 13.4 Å². The second-order valence-electron chi connectivity index (χ2n) is 5.91. The Morgan fingerprint density at radius 2 is 2.08 bits per heavy atom. The van der Waals surface area contributed by atoms with Gasteiger partial charge in [0.15, 0.2) is 11.5 Å². The summed E-state index contributed by atoms with van der Waals surface area (Å²) in [6, 6.07) is 11.3. The number of halogens is 1. The molecule has 2 aliphatic rings. The van der Waals surface area contributed by atoms with Gasteiger partial charge in [0.05, 0.1) is 0 Å². The minimum Gasteiger partial charge on any atom is -0.491 e. The Bertz CT molecular complexity index is 752. The zero-order valence-corrected chi connectivity index (χ0v) is 13.8. The molecule has 0 aliphatic carbocycles. The Labute approximate surface area is 145 Å². The number of aliphatic hydroxyl groups excluding tert-OH is 1. The summed E-state index contributed by atoms with van der Waals surface area (Å²) >= 11 is 6.22. The monoisotopic (exact) mass is 347 g/mol. The Balaban J connectivity index is 1.35. The number of hydrogen-bond acceptors (Lipinski definition) is 5. The highest BCUT2D eigenvalue weighted by Gasteiger charge is 2.23. The summed E-state index contributed by atoms with van der Waals surface area (Å²) < 4.78 is 16.3. The Kier molecular flexibility index (Phi) is 4.12. The van der Waals surface area contributed by atoms with Crippen LogP contribution in [0.5, 0.6) is 17.2 Å². The van der Waals surface area contributed by atoms with Crippen LogP contribution in [0.15, 0.2) is 36.4 Å². The maximum atomic E-state index is 10.3. The number of rotatable bonds is 5. The van der Waals surface area contributed by atoms with Crippen molar-refractivity contribution in [1.29, 1.82) is 0 Å². The van der Waals surface area contributed by atoms with Gasteiger partial charge in [0.2, 0.25) is 6.79 Å². The van der Waals surface area contributed by atoms with E-state index in [1.54, 1.807) is 6.07 Å². The fraction of sp³-hybridized carbons (Fsp3) is 0.333. The molecule has 0 saturated carbocycles. The van der Waals surface area contributed by atoms with Crippen LogP contribution in [0.3, 0.4) is 0 Å². The number of ether oxygens (including phenoxy) is 3. The van der Waals surface area contributed by atoms with Crippen LogP contribution >= 0.6 is 11.6 Å². The highest BCUT2D eigenvalue weighted by atomic mass is 35.5. The lowest BCUT2D eigenvalue weighted by Crippen LogP contribution is -2.34. The van der Waals surface area contributed by atoms with E-state index >= 15 is 0 Å². The van der Waals surface area contributed by atoms with Crippen LogP contribution in [0, 0.1) is 0 Å². The maximum Gasteiger partial charge on any atom is 0.231 e. The van der Waals surface area contributed by atoms with Crippen molar-refractivity contribution in [1.82, 2.24) is 0 Å². The van der Waals surface area contributed by atoms with Crippen LogP contribution in [0.2, 0.25) is 5.02 Å². The zero-order chi connectivity index (χ0) is 16.5. The topological polar surface area (TPSA) is 51.2 Å². The van der Waals surface area contributed by atoms with Crippen LogP contribution in [0.25, 0.3) is 0 Å². The fourth-order valence-electron chi connectivity index (χ4n) is 3.11. The van der Waals surface area contributed by atoms with Crippen molar-refractivity contribution in [3.05, 3.63) is 47.0 Å². The van der Waals surface area contributed by atoms with Gasteiger partial charge in [-0.2, -0.15) is 0 Å². The van der Waals surface area contributed by atoms with Crippen molar-refractivity contribution in [2.45, 2.75) is 12.5 Å². The first-order chi connectivity index (χ1) is 11.7. The van der Waals surface area contributed by atoms with Crippen molar-refractivity contribution in [3.8, 4) is 17.2 Å². The predicted molar refractivity (Wildman–Crippen MR) is 91.4 cm³/mol. The quantitative estimate of drug-likeness (QED) is 0.901. The minimum absolute atomic E-state index is 0.214. The van der Waals surface area contributed by atoms with Crippen LogP contribution in [0.4, 0.5) is 5.69 Å². The van der Waals surface area contributed by atoms with E-state index < -0.39 is 6.10 Å². The lowest BCUT2D eigenvalue weighted by atomic mass is 10.2. The van der Waals surface area contributed by atoms with Gasteiger partial charge >= 0.3 is 0 Å². The van der Waals surface area contributed by atoms with Gasteiger partial charge in [0, 0.05) is 29.9 Å². The molecule has 0 saturated heterocycles. The number of aliphatic hydroxyl groups is 1. The van der Waals surface area contributed by atoms with Crippen molar-refractivity contribution < 1.29 is 19.3 Å². The number of benzene rings is 2. The summed E-state index contributed by atoms with van der Waals surface area (Å²) in [5, 5.41) is 11.1. The summed E-state index contributed by atoms with van der Waals surface area (Å²) in [5.74, 6) is 2.04. The number of hydrogen-bond donors (Lipinski definition) is 1.